The molecule has 3 aromatic rings. The Labute approximate surface area is 186 Å². The van der Waals surface area contributed by atoms with Crippen LogP contribution >= 0.6 is 11.8 Å². The highest BCUT2D eigenvalue weighted by Crippen LogP contribution is 2.24. The third-order valence-electron chi connectivity index (χ3n) is 5.35. The van der Waals surface area contributed by atoms with Crippen molar-refractivity contribution >= 4 is 28.4 Å². The van der Waals surface area contributed by atoms with Gasteiger partial charge in [0, 0.05) is 37.7 Å². The van der Waals surface area contributed by atoms with Crippen LogP contribution in [0.3, 0.4) is 0 Å². The maximum atomic E-state index is 13.1. The molecule has 0 N–H and O–H groups in total. The van der Waals surface area contributed by atoms with Crippen LogP contribution in [0.25, 0.3) is 10.9 Å². The number of para-hydroxylation sites is 1. The van der Waals surface area contributed by atoms with Crippen molar-refractivity contribution in [3.05, 3.63) is 57.6 Å². The minimum absolute atomic E-state index is 0.00937. The van der Waals surface area contributed by atoms with Gasteiger partial charge < -0.3 is 14.0 Å². The van der Waals surface area contributed by atoms with E-state index in [-0.39, 0.29) is 23.1 Å². The lowest BCUT2D eigenvalue weighted by atomic mass is 10.2. The van der Waals surface area contributed by atoms with Crippen molar-refractivity contribution in [2.24, 2.45) is 0 Å². The fourth-order valence-corrected chi connectivity index (χ4v) is 4.73. The van der Waals surface area contributed by atoms with Gasteiger partial charge in [0.2, 0.25) is 0 Å². The molecule has 7 nitrogen and oxygen atoms in total. The first-order chi connectivity index (χ1) is 14.9. The van der Waals surface area contributed by atoms with Crippen molar-refractivity contribution in [3.8, 4) is 0 Å². The Morgan fingerprint density at radius 1 is 1.19 bits per heavy atom. The quantitative estimate of drug-likeness (QED) is 0.271. The smallest absolute Gasteiger partial charge is 0.262 e. The molecule has 3 rings (SSSR count). The molecule has 0 aliphatic rings. The first kappa shape index (κ1) is 23.2. The number of nitrogens with zero attached hydrogens (tertiary/aromatic N) is 3. The number of fused-ring (bicyclic) bond motifs is 1. The van der Waals surface area contributed by atoms with Gasteiger partial charge in [-0.25, -0.2) is 4.98 Å². The molecule has 0 unspecified atom stereocenters. The van der Waals surface area contributed by atoms with Gasteiger partial charge in [0.05, 0.1) is 35.9 Å². The number of hydrogen-bond acceptors (Lipinski definition) is 6. The number of methoxy groups -OCH3 is 2. The molecule has 2 heterocycles. The zero-order chi connectivity index (χ0) is 22.5. The van der Waals surface area contributed by atoms with Gasteiger partial charge in [-0.15, -0.1) is 0 Å². The van der Waals surface area contributed by atoms with Crippen molar-refractivity contribution in [1.29, 1.82) is 0 Å². The molecule has 0 aliphatic carbocycles. The summed E-state index contributed by atoms with van der Waals surface area (Å²) in [5.74, 6) is 0.203. The van der Waals surface area contributed by atoms with Crippen LogP contribution in [0.4, 0.5) is 0 Å². The van der Waals surface area contributed by atoms with E-state index in [1.165, 1.54) is 11.8 Å². The van der Waals surface area contributed by atoms with Crippen molar-refractivity contribution in [2.75, 3.05) is 33.2 Å². The Balaban J connectivity index is 1.91. The minimum atomic E-state index is -0.202. The average Bonchev–Trinajstić information content (AvgIpc) is 3.04. The van der Waals surface area contributed by atoms with E-state index >= 15 is 0 Å². The van der Waals surface area contributed by atoms with Gasteiger partial charge in [0.15, 0.2) is 10.9 Å². The maximum absolute atomic E-state index is 13.1. The van der Waals surface area contributed by atoms with Crippen LogP contribution in [-0.4, -0.2) is 53.1 Å². The highest BCUT2D eigenvalue weighted by atomic mass is 32.2. The molecule has 0 radical (unpaired) electrons. The molecular weight excluding hydrogens is 414 g/mol. The monoisotopic (exact) mass is 443 g/mol. The topological polar surface area (TPSA) is 75.4 Å². The molecule has 0 bridgehead atoms. The summed E-state index contributed by atoms with van der Waals surface area (Å²) in [7, 11) is 3.27. The van der Waals surface area contributed by atoms with Crippen LogP contribution in [0.1, 0.15) is 34.7 Å². The number of ketones is 1. The van der Waals surface area contributed by atoms with Crippen molar-refractivity contribution < 1.29 is 14.3 Å². The number of carbonyl (C=O) groups is 1. The maximum Gasteiger partial charge on any atom is 0.262 e. The molecule has 0 spiro atoms. The van der Waals surface area contributed by atoms with Crippen molar-refractivity contribution in [2.45, 2.75) is 38.5 Å². The summed E-state index contributed by atoms with van der Waals surface area (Å²) in [5, 5.41) is 1.08. The number of ether oxygens (including phenoxy) is 2. The Morgan fingerprint density at radius 3 is 2.65 bits per heavy atom. The molecule has 1 aromatic carbocycles. The molecule has 0 saturated carbocycles. The normalized spacial score (nSPS) is 12.4. The molecule has 2 aromatic heterocycles. The summed E-state index contributed by atoms with van der Waals surface area (Å²) in [6, 6.07) is 8.99. The molecular formula is C23H29N3O4S. The summed E-state index contributed by atoms with van der Waals surface area (Å²) in [6.45, 7) is 7.52. The summed E-state index contributed by atoms with van der Waals surface area (Å²) >= 11 is 1.29. The summed E-state index contributed by atoms with van der Waals surface area (Å²) in [4.78, 5) is 30.9. The van der Waals surface area contributed by atoms with E-state index in [4.69, 9.17) is 9.47 Å². The second-order valence-electron chi connectivity index (χ2n) is 7.53. The Bertz CT molecular complexity index is 1140. The summed E-state index contributed by atoms with van der Waals surface area (Å²) in [6.07, 6.45) is 0. The number of hydrogen-bond donors (Lipinski definition) is 0. The van der Waals surface area contributed by atoms with E-state index < -0.39 is 0 Å². The fourth-order valence-electron chi connectivity index (χ4n) is 3.75. The lowest BCUT2D eigenvalue weighted by Crippen LogP contribution is -2.28. The van der Waals surface area contributed by atoms with E-state index in [9.17, 15) is 9.59 Å². The van der Waals surface area contributed by atoms with Gasteiger partial charge in [-0.05, 0) is 39.0 Å². The van der Waals surface area contributed by atoms with E-state index in [1.54, 1.807) is 24.9 Å². The van der Waals surface area contributed by atoms with Crippen LogP contribution in [0.15, 0.2) is 40.3 Å². The van der Waals surface area contributed by atoms with Gasteiger partial charge in [0.25, 0.3) is 5.56 Å². The average molecular weight is 444 g/mol. The van der Waals surface area contributed by atoms with Crippen molar-refractivity contribution in [3.63, 3.8) is 0 Å². The Kier molecular flexibility index (Phi) is 7.69. The van der Waals surface area contributed by atoms with Gasteiger partial charge in [-0.3, -0.25) is 14.2 Å². The van der Waals surface area contributed by atoms with Crippen LogP contribution in [0.2, 0.25) is 0 Å². The van der Waals surface area contributed by atoms with Gasteiger partial charge in [0.1, 0.15) is 0 Å². The van der Waals surface area contributed by atoms with E-state index in [0.29, 0.717) is 41.4 Å². The number of Topliss-reactive ketones (excluding diaryl/α,β-unsaturated/α-hetero) is 1. The molecule has 166 valence electrons. The number of rotatable bonds is 10. The van der Waals surface area contributed by atoms with Crippen LogP contribution < -0.4 is 5.56 Å². The van der Waals surface area contributed by atoms with Crippen LogP contribution in [0, 0.1) is 13.8 Å². The largest absolute Gasteiger partial charge is 0.383 e. The number of aromatic nitrogens is 3. The molecule has 31 heavy (non-hydrogen) atoms. The number of carbonyl (C=O) groups excluding carboxylic acids is 1. The lowest BCUT2D eigenvalue weighted by Gasteiger charge is -2.18. The van der Waals surface area contributed by atoms with Gasteiger partial charge in [-0.2, -0.15) is 0 Å². The predicted octanol–water partition coefficient (Wildman–Crippen LogP) is 3.64. The third-order valence-corrected chi connectivity index (χ3v) is 6.30. The second kappa shape index (κ2) is 10.3. The Morgan fingerprint density at radius 2 is 1.94 bits per heavy atom. The molecule has 0 amide bonds. The zero-order valence-electron chi connectivity index (χ0n) is 18.7. The van der Waals surface area contributed by atoms with E-state index in [1.807, 2.05) is 45.0 Å². The number of aryl methyl sites for hydroxylation is 1. The number of benzene rings is 1. The minimum Gasteiger partial charge on any atom is -0.383 e. The van der Waals surface area contributed by atoms with E-state index in [2.05, 4.69) is 9.55 Å². The Hall–Kier alpha value is -2.42. The molecule has 0 aliphatic heterocycles. The summed E-state index contributed by atoms with van der Waals surface area (Å²) in [5.41, 5.74) is 3.15. The third kappa shape index (κ3) is 4.92. The predicted molar refractivity (Wildman–Crippen MR) is 123 cm³/mol. The van der Waals surface area contributed by atoms with E-state index in [0.717, 1.165) is 11.4 Å². The molecule has 0 saturated heterocycles. The van der Waals surface area contributed by atoms with Gasteiger partial charge in [-0.1, -0.05) is 23.9 Å². The molecule has 8 heteroatoms. The SMILES string of the molecule is COCCn1c(C)cc(C(=O)CSc2nc3ccccc3c(=O)n2[C@@H](C)COC)c1C. The first-order valence-corrected chi connectivity index (χ1v) is 11.2. The zero-order valence-corrected chi connectivity index (χ0v) is 19.5. The van der Waals surface area contributed by atoms with Gasteiger partial charge >= 0.3 is 0 Å². The number of thioether (sulfide) groups is 1. The molecule has 1 atom stereocenters. The first-order valence-electron chi connectivity index (χ1n) is 10.2. The molecule has 0 fully saturated rings. The van der Waals surface area contributed by atoms with Crippen LogP contribution in [-0.2, 0) is 16.0 Å². The lowest BCUT2D eigenvalue weighted by molar-refractivity contribution is 0.102. The standard InChI is InChI=1S/C23H29N3O4S/c1-15-12-19(17(3)25(15)10-11-29-4)21(27)14-31-23-24-20-9-7-6-8-18(20)22(28)26(23)16(2)13-30-5/h6-9,12,16H,10-11,13-14H2,1-5H3/t16-/m0/s1. The second-order valence-corrected chi connectivity index (χ2v) is 8.47. The summed E-state index contributed by atoms with van der Waals surface area (Å²) < 4.78 is 14.2. The van der Waals surface area contributed by atoms with Crippen molar-refractivity contribution in [1.82, 2.24) is 14.1 Å². The highest BCUT2D eigenvalue weighted by molar-refractivity contribution is 7.99. The van der Waals surface area contributed by atoms with Crippen LogP contribution in [0.5, 0.6) is 0 Å². The fraction of sp³-hybridized carbons (Fsp3) is 0.435. The highest BCUT2D eigenvalue weighted by Gasteiger charge is 2.20.